The molecule has 2 rings (SSSR count). The molecule has 8 heteroatoms. The Morgan fingerprint density at radius 3 is 2.32 bits per heavy atom. The highest BCUT2D eigenvalue weighted by Crippen LogP contribution is 2.29. The number of alkyl halides is 3. The van der Waals surface area contributed by atoms with Crippen LogP contribution in [0.3, 0.4) is 0 Å². The lowest BCUT2D eigenvalue weighted by molar-refractivity contribution is -0.137. The molecule has 0 aliphatic carbocycles. The van der Waals surface area contributed by atoms with Crippen molar-refractivity contribution in [3.8, 4) is 0 Å². The number of rotatable bonds is 3. The van der Waals surface area contributed by atoms with Crippen LogP contribution in [0.2, 0.25) is 0 Å². The van der Waals surface area contributed by atoms with Crippen molar-refractivity contribution in [2.45, 2.75) is 31.5 Å². The summed E-state index contributed by atoms with van der Waals surface area (Å²) in [7, 11) is -3.13. The quantitative estimate of drug-likeness (QED) is 0.918. The van der Waals surface area contributed by atoms with Gasteiger partial charge in [0.25, 0.3) is 0 Å². The van der Waals surface area contributed by atoms with Gasteiger partial charge in [-0.05, 0) is 31.0 Å². The van der Waals surface area contributed by atoms with Crippen LogP contribution >= 0.6 is 0 Å². The number of halogens is 3. The molecule has 1 aromatic rings. The van der Waals surface area contributed by atoms with Gasteiger partial charge in [-0.25, -0.2) is 8.42 Å². The average Bonchev–Trinajstić information content (AvgIpc) is 2.62. The van der Waals surface area contributed by atoms with Gasteiger partial charge >= 0.3 is 6.18 Å². The number of carbonyl (C=O) groups excluding carboxylic acids is 1. The highest BCUT2D eigenvalue weighted by atomic mass is 32.2. The topological polar surface area (TPSA) is 63.2 Å². The highest BCUT2D eigenvalue weighted by Gasteiger charge is 2.39. The number of benzene rings is 1. The normalized spacial score (nSPS) is 24.2. The van der Waals surface area contributed by atoms with Crippen molar-refractivity contribution in [3.63, 3.8) is 0 Å². The Bertz CT molecular complexity index is 668. The zero-order valence-electron chi connectivity index (χ0n) is 11.9. The lowest BCUT2D eigenvalue weighted by Crippen LogP contribution is -2.47. The van der Waals surface area contributed by atoms with Gasteiger partial charge in [-0.1, -0.05) is 12.1 Å². The second kappa shape index (κ2) is 5.57. The van der Waals surface area contributed by atoms with Gasteiger partial charge in [0.05, 0.1) is 29.0 Å². The predicted molar refractivity (Wildman–Crippen MR) is 75.0 cm³/mol. The molecule has 4 nitrogen and oxygen atoms in total. The largest absolute Gasteiger partial charge is 0.416 e. The fourth-order valence-corrected chi connectivity index (χ4v) is 4.58. The molecule has 122 valence electrons. The molecule has 0 bridgehead atoms. The van der Waals surface area contributed by atoms with Crippen LogP contribution in [0.1, 0.15) is 24.5 Å². The van der Waals surface area contributed by atoms with Crippen LogP contribution in [0, 0.1) is 0 Å². The van der Waals surface area contributed by atoms with E-state index in [1.54, 1.807) is 6.92 Å². The van der Waals surface area contributed by atoms with Crippen molar-refractivity contribution in [2.75, 3.05) is 11.5 Å². The average molecular weight is 335 g/mol. The molecule has 0 unspecified atom stereocenters. The summed E-state index contributed by atoms with van der Waals surface area (Å²) < 4.78 is 60.2. The van der Waals surface area contributed by atoms with Crippen molar-refractivity contribution in [1.82, 2.24) is 5.32 Å². The minimum atomic E-state index is -4.41. The Balaban J connectivity index is 1.98. The summed E-state index contributed by atoms with van der Waals surface area (Å²) in [4.78, 5) is 11.9. The smallest absolute Gasteiger partial charge is 0.350 e. The van der Waals surface area contributed by atoms with E-state index in [1.807, 2.05) is 0 Å². The van der Waals surface area contributed by atoms with Gasteiger partial charge in [0.15, 0.2) is 9.84 Å². The molecule has 1 aliphatic heterocycles. The van der Waals surface area contributed by atoms with Crippen molar-refractivity contribution < 1.29 is 26.4 Å². The maximum Gasteiger partial charge on any atom is 0.416 e. The highest BCUT2D eigenvalue weighted by molar-refractivity contribution is 7.91. The number of nitrogens with one attached hydrogen (secondary N) is 1. The van der Waals surface area contributed by atoms with E-state index in [4.69, 9.17) is 0 Å². The minimum absolute atomic E-state index is 0.0318. The van der Waals surface area contributed by atoms with Crippen LogP contribution < -0.4 is 5.32 Å². The van der Waals surface area contributed by atoms with Gasteiger partial charge in [-0.15, -0.1) is 0 Å². The van der Waals surface area contributed by atoms with Crippen LogP contribution in [0.5, 0.6) is 0 Å². The Hall–Kier alpha value is -1.57. The van der Waals surface area contributed by atoms with Gasteiger partial charge in [0, 0.05) is 0 Å². The van der Waals surface area contributed by atoms with E-state index in [9.17, 15) is 26.4 Å². The summed E-state index contributed by atoms with van der Waals surface area (Å²) in [5.41, 5.74) is -1.14. The maximum absolute atomic E-state index is 12.4. The van der Waals surface area contributed by atoms with Crippen molar-refractivity contribution in [2.24, 2.45) is 0 Å². The molecule has 1 atom stereocenters. The first-order valence-electron chi connectivity index (χ1n) is 6.67. The molecule has 1 aliphatic rings. The third-order valence-corrected chi connectivity index (χ3v) is 5.49. The van der Waals surface area contributed by atoms with Crippen LogP contribution in [-0.4, -0.2) is 31.4 Å². The van der Waals surface area contributed by atoms with E-state index in [1.165, 1.54) is 12.1 Å². The van der Waals surface area contributed by atoms with Crippen LogP contribution in [0.4, 0.5) is 13.2 Å². The Morgan fingerprint density at radius 2 is 1.86 bits per heavy atom. The fraction of sp³-hybridized carbons (Fsp3) is 0.500. The van der Waals surface area contributed by atoms with Crippen molar-refractivity contribution in [3.05, 3.63) is 35.4 Å². The molecule has 0 aromatic heterocycles. The molecular weight excluding hydrogens is 319 g/mol. The minimum Gasteiger partial charge on any atom is -0.350 e. The van der Waals surface area contributed by atoms with Gasteiger partial charge < -0.3 is 5.32 Å². The standard InChI is InChI=1S/C14H16F3NO3S/c1-13(6-7-22(20,21)9-13)18-12(19)8-10-2-4-11(5-3-10)14(15,16)17/h2-5H,6-9H2,1H3,(H,18,19)/t13-/m1/s1. The van der Waals surface area contributed by atoms with E-state index >= 15 is 0 Å². The second-order valence-corrected chi connectivity index (χ2v) is 8.01. The molecular formula is C14H16F3NO3S. The van der Waals surface area contributed by atoms with E-state index in [2.05, 4.69) is 5.32 Å². The van der Waals surface area contributed by atoms with Crippen molar-refractivity contribution in [1.29, 1.82) is 0 Å². The summed E-state index contributed by atoms with van der Waals surface area (Å²) in [6, 6.07) is 4.33. The summed E-state index contributed by atoms with van der Waals surface area (Å²) >= 11 is 0. The number of carbonyl (C=O) groups is 1. The number of hydrogen-bond acceptors (Lipinski definition) is 3. The Kier molecular flexibility index (Phi) is 4.25. The lowest BCUT2D eigenvalue weighted by atomic mass is 10.0. The third kappa shape index (κ3) is 4.22. The molecule has 22 heavy (non-hydrogen) atoms. The second-order valence-electron chi connectivity index (χ2n) is 5.82. The predicted octanol–water partition coefficient (Wildman–Crippen LogP) is 1.94. The van der Waals surface area contributed by atoms with Gasteiger partial charge in [0.2, 0.25) is 5.91 Å². The number of hydrogen-bond donors (Lipinski definition) is 1. The van der Waals surface area contributed by atoms with Crippen LogP contribution in [0.25, 0.3) is 0 Å². The summed E-state index contributed by atoms with van der Waals surface area (Å²) in [6.45, 7) is 1.65. The monoisotopic (exact) mass is 335 g/mol. The third-order valence-electron chi connectivity index (χ3n) is 3.59. The molecule has 1 fully saturated rings. The fourth-order valence-electron chi connectivity index (χ4n) is 2.49. The lowest BCUT2D eigenvalue weighted by Gasteiger charge is -2.23. The molecule has 1 aromatic carbocycles. The Labute approximate surface area is 126 Å². The van der Waals surface area contributed by atoms with E-state index in [-0.39, 0.29) is 17.9 Å². The molecule has 1 amide bonds. The van der Waals surface area contributed by atoms with Crippen LogP contribution in [0.15, 0.2) is 24.3 Å². The van der Waals surface area contributed by atoms with E-state index < -0.39 is 33.0 Å². The summed E-state index contributed by atoms with van der Waals surface area (Å²) in [5, 5.41) is 2.66. The van der Waals surface area contributed by atoms with Gasteiger partial charge in [0.1, 0.15) is 0 Å². The maximum atomic E-state index is 12.4. The first-order chi connectivity index (χ1) is 9.99. The summed E-state index contributed by atoms with van der Waals surface area (Å²) in [5.74, 6) is -0.484. The number of amides is 1. The SMILES string of the molecule is C[C@@]1(NC(=O)Cc2ccc(C(F)(F)F)cc2)CCS(=O)(=O)C1. The van der Waals surface area contributed by atoms with Crippen molar-refractivity contribution >= 4 is 15.7 Å². The van der Waals surface area contributed by atoms with Gasteiger partial charge in [-0.2, -0.15) is 13.2 Å². The summed E-state index contributed by atoms with van der Waals surface area (Å²) in [6.07, 6.45) is -4.16. The number of sulfone groups is 1. The van der Waals surface area contributed by atoms with Gasteiger partial charge in [-0.3, -0.25) is 4.79 Å². The first kappa shape index (κ1) is 16.8. The molecule has 1 saturated heterocycles. The molecule has 1 N–H and O–H groups in total. The van der Waals surface area contributed by atoms with E-state index in [0.29, 0.717) is 12.0 Å². The molecule has 0 saturated carbocycles. The zero-order valence-corrected chi connectivity index (χ0v) is 12.7. The molecule has 1 heterocycles. The molecule has 0 spiro atoms. The zero-order chi connectivity index (χ0) is 16.6. The Morgan fingerprint density at radius 1 is 1.27 bits per heavy atom. The van der Waals surface area contributed by atoms with Crippen LogP contribution in [-0.2, 0) is 27.2 Å². The molecule has 0 radical (unpaired) electrons. The van der Waals surface area contributed by atoms with E-state index in [0.717, 1.165) is 12.1 Å². The first-order valence-corrected chi connectivity index (χ1v) is 8.49.